The Kier molecular flexibility index (Phi) is 5.99. The number of amidine groups is 1. The third-order valence-corrected chi connectivity index (χ3v) is 2.99. The van der Waals surface area contributed by atoms with Crippen molar-refractivity contribution < 1.29 is 14.6 Å². The van der Waals surface area contributed by atoms with Crippen molar-refractivity contribution in [2.24, 2.45) is 10.7 Å². The molecule has 1 aromatic rings. The topological polar surface area (TPSA) is 97.8 Å². The van der Waals surface area contributed by atoms with Gasteiger partial charge in [-0.25, -0.2) is 4.79 Å². The number of carboxylic acids is 1. The van der Waals surface area contributed by atoms with Crippen LogP contribution >= 0.6 is 11.8 Å². The van der Waals surface area contributed by atoms with Crippen LogP contribution in [0.1, 0.15) is 5.69 Å². The molecule has 6 nitrogen and oxygen atoms in total. The summed E-state index contributed by atoms with van der Waals surface area (Å²) in [7, 11) is 1.60. The largest absolute Gasteiger partial charge is 0.495 e. The zero-order chi connectivity index (χ0) is 13.4. The Morgan fingerprint density at radius 2 is 2.44 bits per heavy atom. The fourth-order valence-corrected chi connectivity index (χ4v) is 1.96. The van der Waals surface area contributed by atoms with Crippen LogP contribution in [0.25, 0.3) is 0 Å². The first-order chi connectivity index (χ1) is 8.65. The average Bonchev–Trinajstić information content (AvgIpc) is 2.38. The molecule has 0 unspecified atom stereocenters. The van der Waals surface area contributed by atoms with Crippen LogP contribution in [0.5, 0.6) is 5.75 Å². The smallest absolute Gasteiger partial charge is 0.370 e. The molecule has 0 saturated heterocycles. The molecular weight excluding hydrogens is 254 g/mol. The highest BCUT2D eigenvalue weighted by Crippen LogP contribution is 2.19. The van der Waals surface area contributed by atoms with E-state index in [9.17, 15) is 4.79 Å². The van der Waals surface area contributed by atoms with E-state index in [1.54, 1.807) is 25.1 Å². The molecule has 0 aliphatic carbocycles. The van der Waals surface area contributed by atoms with Crippen molar-refractivity contribution in [3.8, 4) is 5.75 Å². The molecule has 1 rings (SSSR count). The number of carbonyl (C=O) groups is 1. The van der Waals surface area contributed by atoms with Gasteiger partial charge in [0.2, 0.25) is 5.84 Å². The summed E-state index contributed by atoms with van der Waals surface area (Å²) in [4.78, 5) is 18.3. The molecule has 0 spiro atoms. The van der Waals surface area contributed by atoms with Crippen molar-refractivity contribution in [2.45, 2.75) is 5.75 Å². The van der Waals surface area contributed by atoms with Gasteiger partial charge in [-0.3, -0.25) is 9.98 Å². The first-order valence-electron chi connectivity index (χ1n) is 5.24. The summed E-state index contributed by atoms with van der Waals surface area (Å²) in [5.41, 5.74) is 6.03. The Bertz CT molecular complexity index is 437. The minimum atomic E-state index is -1.19. The van der Waals surface area contributed by atoms with Crippen LogP contribution in [0.2, 0.25) is 0 Å². The fourth-order valence-electron chi connectivity index (χ4n) is 1.18. The summed E-state index contributed by atoms with van der Waals surface area (Å²) in [6.07, 6.45) is 1.71. The normalized spacial score (nSPS) is 11.3. The molecule has 7 heteroatoms. The lowest BCUT2D eigenvalue weighted by Crippen LogP contribution is -2.23. The van der Waals surface area contributed by atoms with E-state index in [0.717, 1.165) is 11.4 Å². The number of rotatable bonds is 6. The molecule has 0 atom stereocenters. The number of aliphatic imine (C=N–C) groups is 1. The second-order valence-electron chi connectivity index (χ2n) is 3.28. The lowest BCUT2D eigenvalue weighted by Gasteiger charge is -2.05. The highest BCUT2D eigenvalue weighted by Gasteiger charge is 2.04. The summed E-state index contributed by atoms with van der Waals surface area (Å²) < 4.78 is 5.17. The Morgan fingerprint density at radius 1 is 1.67 bits per heavy atom. The number of nitrogens with two attached hydrogens (primary N) is 1. The molecule has 1 aromatic heterocycles. The third kappa shape index (κ3) is 4.62. The standard InChI is InChI=1S/C11H15N3O3S/c1-17-9-3-2-4-13-8(9)7-18-6-5-14-10(12)11(15)16/h2-4H,5-7H2,1H3,(H2,12,14)(H,15,16). The highest BCUT2D eigenvalue weighted by molar-refractivity contribution is 7.98. The molecule has 98 valence electrons. The van der Waals surface area contributed by atoms with Crippen LogP contribution in [0.3, 0.4) is 0 Å². The molecule has 0 aromatic carbocycles. The molecular formula is C11H15N3O3S. The van der Waals surface area contributed by atoms with E-state index in [0.29, 0.717) is 18.1 Å². The first-order valence-corrected chi connectivity index (χ1v) is 6.39. The molecule has 18 heavy (non-hydrogen) atoms. The Balaban J connectivity index is 2.34. The zero-order valence-corrected chi connectivity index (χ0v) is 10.8. The molecule has 0 aliphatic rings. The molecule has 0 radical (unpaired) electrons. The van der Waals surface area contributed by atoms with Gasteiger partial charge in [0.05, 0.1) is 19.3 Å². The molecule has 0 bridgehead atoms. The summed E-state index contributed by atoms with van der Waals surface area (Å²) in [5, 5.41) is 8.50. The van der Waals surface area contributed by atoms with E-state index in [-0.39, 0.29) is 5.84 Å². The van der Waals surface area contributed by atoms with E-state index < -0.39 is 5.97 Å². The van der Waals surface area contributed by atoms with Crippen molar-refractivity contribution in [1.82, 2.24) is 4.98 Å². The number of pyridine rings is 1. The van der Waals surface area contributed by atoms with Crippen LogP contribution in [-0.2, 0) is 10.5 Å². The first kappa shape index (κ1) is 14.3. The minimum absolute atomic E-state index is 0.356. The molecule has 0 fully saturated rings. The van der Waals surface area contributed by atoms with Crippen molar-refractivity contribution in [1.29, 1.82) is 0 Å². The molecule has 3 N–H and O–H groups in total. The second-order valence-corrected chi connectivity index (χ2v) is 4.38. The molecule has 0 aliphatic heterocycles. The molecule has 0 amide bonds. The van der Waals surface area contributed by atoms with Crippen LogP contribution in [-0.4, -0.2) is 41.3 Å². The lowest BCUT2D eigenvalue weighted by molar-refractivity contribution is -0.129. The van der Waals surface area contributed by atoms with Crippen molar-refractivity contribution in [3.63, 3.8) is 0 Å². The molecule has 1 heterocycles. The number of methoxy groups -OCH3 is 1. The van der Waals surface area contributed by atoms with Gasteiger partial charge in [0.1, 0.15) is 5.75 Å². The number of aromatic nitrogens is 1. The zero-order valence-electron chi connectivity index (χ0n) is 10.00. The number of thioether (sulfide) groups is 1. The fraction of sp³-hybridized carbons (Fsp3) is 0.364. The predicted molar refractivity (Wildman–Crippen MR) is 71.1 cm³/mol. The predicted octanol–water partition coefficient (Wildman–Crippen LogP) is 0.765. The summed E-state index contributed by atoms with van der Waals surface area (Å²) in [6, 6.07) is 3.66. The quantitative estimate of drug-likeness (QED) is 0.449. The van der Waals surface area contributed by atoms with Crippen LogP contribution in [0.4, 0.5) is 0 Å². The van der Waals surface area contributed by atoms with Gasteiger partial charge in [0.25, 0.3) is 0 Å². The maximum absolute atomic E-state index is 10.4. The van der Waals surface area contributed by atoms with Gasteiger partial charge in [0.15, 0.2) is 0 Å². The number of aliphatic carboxylic acids is 1. The van der Waals surface area contributed by atoms with Crippen molar-refractivity contribution in [2.75, 3.05) is 19.4 Å². The van der Waals surface area contributed by atoms with Gasteiger partial charge >= 0.3 is 5.97 Å². The number of carboxylic acid groups (broad SMARTS) is 1. The van der Waals surface area contributed by atoms with E-state index in [1.165, 1.54) is 0 Å². The van der Waals surface area contributed by atoms with Gasteiger partial charge in [0, 0.05) is 17.7 Å². The maximum Gasteiger partial charge on any atom is 0.370 e. The summed E-state index contributed by atoms with van der Waals surface area (Å²) in [5.74, 6) is 0.566. The van der Waals surface area contributed by atoms with Gasteiger partial charge in [-0.15, -0.1) is 0 Å². The molecule has 0 saturated carbocycles. The van der Waals surface area contributed by atoms with E-state index >= 15 is 0 Å². The minimum Gasteiger partial charge on any atom is -0.495 e. The summed E-state index contributed by atoms with van der Waals surface area (Å²) in [6.45, 7) is 0.373. The van der Waals surface area contributed by atoms with Crippen LogP contribution in [0.15, 0.2) is 23.3 Å². The lowest BCUT2D eigenvalue weighted by atomic mass is 10.3. The average molecular weight is 269 g/mol. The number of hydrogen-bond donors (Lipinski definition) is 2. The summed E-state index contributed by atoms with van der Waals surface area (Å²) >= 11 is 1.59. The van der Waals surface area contributed by atoms with Gasteiger partial charge in [-0.1, -0.05) is 0 Å². The number of ether oxygens (including phenoxy) is 1. The van der Waals surface area contributed by atoms with Crippen molar-refractivity contribution in [3.05, 3.63) is 24.0 Å². The Labute approximate surface area is 109 Å². The van der Waals surface area contributed by atoms with Crippen LogP contribution in [0, 0.1) is 0 Å². The van der Waals surface area contributed by atoms with Crippen molar-refractivity contribution >= 4 is 23.6 Å². The van der Waals surface area contributed by atoms with E-state index in [1.807, 2.05) is 12.1 Å². The Hall–Kier alpha value is -1.76. The Morgan fingerprint density at radius 3 is 3.11 bits per heavy atom. The second kappa shape index (κ2) is 7.54. The third-order valence-electron chi connectivity index (χ3n) is 2.04. The van der Waals surface area contributed by atoms with Gasteiger partial charge in [-0.2, -0.15) is 11.8 Å². The van der Waals surface area contributed by atoms with Crippen LogP contribution < -0.4 is 10.5 Å². The SMILES string of the molecule is COc1cccnc1CSCCN=C(N)C(=O)O. The van der Waals surface area contributed by atoms with Gasteiger partial charge in [-0.05, 0) is 12.1 Å². The van der Waals surface area contributed by atoms with Gasteiger partial charge < -0.3 is 15.6 Å². The van der Waals surface area contributed by atoms with E-state index in [2.05, 4.69) is 9.98 Å². The highest BCUT2D eigenvalue weighted by atomic mass is 32.2. The maximum atomic E-state index is 10.4. The number of nitrogens with zero attached hydrogens (tertiary/aromatic N) is 2. The number of hydrogen-bond acceptors (Lipinski definition) is 5. The van der Waals surface area contributed by atoms with E-state index in [4.69, 9.17) is 15.6 Å². The monoisotopic (exact) mass is 269 g/mol.